The van der Waals surface area contributed by atoms with Gasteiger partial charge in [0, 0.05) is 12.8 Å². The van der Waals surface area contributed by atoms with E-state index in [-0.39, 0.29) is 5.97 Å². The van der Waals surface area contributed by atoms with E-state index in [0.717, 1.165) is 47.5 Å². The van der Waals surface area contributed by atoms with Gasteiger partial charge in [-0.15, -0.1) is 0 Å². The van der Waals surface area contributed by atoms with Gasteiger partial charge >= 0.3 is 5.97 Å². The summed E-state index contributed by atoms with van der Waals surface area (Å²) in [5.41, 5.74) is 0. The molecule has 30 heavy (non-hydrogen) atoms. The van der Waals surface area contributed by atoms with E-state index in [9.17, 15) is 4.79 Å². The molecule has 0 spiro atoms. The fourth-order valence-electron chi connectivity index (χ4n) is 4.67. The topological polar surface area (TPSA) is 26.3 Å². The van der Waals surface area contributed by atoms with Crippen molar-refractivity contribution in [3.63, 3.8) is 0 Å². The number of unbranched alkanes of at least 4 members (excludes halogenated alkanes) is 6. The molecule has 0 aliphatic heterocycles. The minimum atomic E-state index is -0.00747. The Hall–Kier alpha value is -0.570. The average Bonchev–Trinajstić information content (AvgIpc) is 3.41. The Morgan fingerprint density at radius 2 is 1.60 bits per heavy atom. The summed E-state index contributed by atoms with van der Waals surface area (Å²) in [7, 11) is 6.50. The van der Waals surface area contributed by atoms with Crippen molar-refractivity contribution >= 4 is 5.97 Å². The number of nitrogens with zero attached hydrogens (tertiary/aromatic N) is 1. The molecule has 1 aliphatic carbocycles. The van der Waals surface area contributed by atoms with E-state index in [2.05, 4.69) is 41.9 Å². The molecule has 0 radical (unpaired) electrons. The first-order valence-electron chi connectivity index (χ1n) is 13.2. The Labute approximate surface area is 188 Å². The van der Waals surface area contributed by atoms with Crippen molar-refractivity contribution in [1.29, 1.82) is 0 Å². The van der Waals surface area contributed by atoms with Crippen LogP contribution in [0.15, 0.2) is 0 Å². The van der Waals surface area contributed by atoms with Crippen molar-refractivity contribution in [2.45, 2.75) is 111 Å². The first-order chi connectivity index (χ1) is 14.2. The van der Waals surface area contributed by atoms with Gasteiger partial charge < -0.3 is 9.22 Å². The van der Waals surface area contributed by atoms with Crippen LogP contribution in [0, 0.1) is 23.7 Å². The van der Waals surface area contributed by atoms with E-state index in [4.69, 9.17) is 4.74 Å². The Morgan fingerprint density at radius 3 is 2.30 bits per heavy atom. The van der Waals surface area contributed by atoms with E-state index >= 15 is 0 Å². The molecular formula is C27H54NO2+. The second-order valence-electron chi connectivity index (χ2n) is 11.3. The van der Waals surface area contributed by atoms with Gasteiger partial charge in [-0.05, 0) is 42.9 Å². The highest BCUT2D eigenvalue weighted by molar-refractivity contribution is 5.69. The van der Waals surface area contributed by atoms with Crippen molar-refractivity contribution in [1.82, 2.24) is 0 Å². The molecule has 0 bridgehead atoms. The third kappa shape index (κ3) is 14.4. The van der Waals surface area contributed by atoms with Gasteiger partial charge in [0.25, 0.3) is 0 Å². The zero-order chi connectivity index (χ0) is 22.4. The smallest absolute Gasteiger partial charge is 0.305 e. The largest absolute Gasteiger partial charge is 0.465 e. The quantitative estimate of drug-likeness (QED) is 0.124. The molecule has 1 rings (SSSR count). The maximum absolute atomic E-state index is 11.8. The third-order valence-electron chi connectivity index (χ3n) is 7.17. The summed E-state index contributed by atoms with van der Waals surface area (Å²) in [5, 5.41) is 0. The predicted octanol–water partition coefficient (Wildman–Crippen LogP) is 7.24. The number of carbonyl (C=O) groups is 1. The zero-order valence-electron chi connectivity index (χ0n) is 21.4. The molecule has 0 saturated heterocycles. The van der Waals surface area contributed by atoms with Crippen LogP contribution >= 0.6 is 0 Å². The Bertz CT molecular complexity index is 443. The van der Waals surface area contributed by atoms with Crippen LogP contribution in [0.25, 0.3) is 0 Å². The molecule has 0 amide bonds. The molecule has 3 nitrogen and oxygen atoms in total. The van der Waals surface area contributed by atoms with Crippen LogP contribution in [0.1, 0.15) is 111 Å². The zero-order valence-corrected chi connectivity index (χ0v) is 21.4. The van der Waals surface area contributed by atoms with Gasteiger partial charge in [0.1, 0.15) is 0 Å². The van der Waals surface area contributed by atoms with Crippen molar-refractivity contribution in [2.24, 2.45) is 23.7 Å². The molecule has 1 fully saturated rings. The van der Waals surface area contributed by atoms with Crippen LogP contribution in [0.5, 0.6) is 0 Å². The molecule has 1 saturated carbocycles. The van der Waals surface area contributed by atoms with E-state index in [1.807, 2.05) is 0 Å². The molecule has 0 N–H and O–H groups in total. The summed E-state index contributed by atoms with van der Waals surface area (Å²) in [6, 6.07) is 0. The summed E-state index contributed by atoms with van der Waals surface area (Å²) >= 11 is 0. The molecular weight excluding hydrogens is 370 g/mol. The number of carbonyl (C=O) groups excluding carboxylic acids is 1. The maximum atomic E-state index is 11.8. The lowest BCUT2D eigenvalue weighted by molar-refractivity contribution is -0.870. The Balaban J connectivity index is 1.92. The number of quaternary nitrogens is 1. The average molecular weight is 425 g/mol. The first-order valence-corrected chi connectivity index (χ1v) is 13.2. The van der Waals surface area contributed by atoms with Gasteiger partial charge in [-0.1, -0.05) is 78.6 Å². The van der Waals surface area contributed by atoms with Crippen LogP contribution in [-0.2, 0) is 9.53 Å². The molecule has 4 atom stereocenters. The van der Waals surface area contributed by atoms with Crippen LogP contribution in [0.2, 0.25) is 0 Å². The van der Waals surface area contributed by atoms with Crippen molar-refractivity contribution in [2.75, 3.05) is 34.3 Å². The molecule has 0 aromatic carbocycles. The highest BCUT2D eigenvalue weighted by Gasteiger charge is 2.37. The molecule has 0 aromatic heterocycles. The lowest BCUT2D eigenvalue weighted by Gasteiger charge is -2.23. The van der Waals surface area contributed by atoms with Crippen LogP contribution < -0.4 is 0 Å². The first kappa shape index (κ1) is 27.5. The van der Waals surface area contributed by atoms with Gasteiger partial charge in [0.05, 0.1) is 34.3 Å². The summed E-state index contributed by atoms with van der Waals surface area (Å²) in [6.45, 7) is 8.87. The molecule has 0 aromatic rings. The van der Waals surface area contributed by atoms with E-state index in [1.165, 1.54) is 70.6 Å². The number of ether oxygens (including phenoxy) is 1. The summed E-state index contributed by atoms with van der Waals surface area (Å²) in [6.07, 6.45) is 17.7. The second kappa shape index (κ2) is 15.3. The SMILES string of the molecule is CCCCCC1CC1CC(C)C(C)CCCCCCCC(=O)OCCC[N+](C)(C)C. The van der Waals surface area contributed by atoms with E-state index in [1.54, 1.807) is 0 Å². The normalized spacial score (nSPS) is 20.7. The minimum Gasteiger partial charge on any atom is -0.465 e. The summed E-state index contributed by atoms with van der Waals surface area (Å²) < 4.78 is 6.27. The van der Waals surface area contributed by atoms with E-state index < -0.39 is 0 Å². The van der Waals surface area contributed by atoms with Gasteiger partial charge in [0.15, 0.2) is 0 Å². The summed E-state index contributed by atoms with van der Waals surface area (Å²) in [5.74, 6) is 3.86. The molecule has 1 aliphatic rings. The van der Waals surface area contributed by atoms with E-state index in [0.29, 0.717) is 13.0 Å². The Morgan fingerprint density at radius 1 is 0.900 bits per heavy atom. The second-order valence-corrected chi connectivity index (χ2v) is 11.3. The Kier molecular flexibility index (Phi) is 14.0. The van der Waals surface area contributed by atoms with Gasteiger partial charge in [-0.25, -0.2) is 0 Å². The van der Waals surface area contributed by atoms with Gasteiger partial charge in [0.2, 0.25) is 0 Å². The third-order valence-corrected chi connectivity index (χ3v) is 7.17. The minimum absolute atomic E-state index is 0.00747. The monoisotopic (exact) mass is 424 g/mol. The van der Waals surface area contributed by atoms with Crippen LogP contribution in [0.4, 0.5) is 0 Å². The lowest BCUT2D eigenvalue weighted by Crippen LogP contribution is -2.35. The number of hydrogen-bond acceptors (Lipinski definition) is 2. The molecule has 0 heterocycles. The molecule has 3 heteroatoms. The van der Waals surface area contributed by atoms with Crippen LogP contribution in [-0.4, -0.2) is 44.7 Å². The van der Waals surface area contributed by atoms with Gasteiger partial charge in [-0.3, -0.25) is 4.79 Å². The van der Waals surface area contributed by atoms with Crippen molar-refractivity contribution < 1.29 is 14.0 Å². The fraction of sp³-hybridized carbons (Fsp3) is 0.963. The van der Waals surface area contributed by atoms with Crippen LogP contribution in [0.3, 0.4) is 0 Å². The fourth-order valence-corrected chi connectivity index (χ4v) is 4.67. The lowest BCUT2D eigenvalue weighted by atomic mass is 9.86. The maximum Gasteiger partial charge on any atom is 0.305 e. The molecule has 178 valence electrons. The predicted molar refractivity (Wildman–Crippen MR) is 129 cm³/mol. The number of rotatable bonds is 19. The van der Waals surface area contributed by atoms with Gasteiger partial charge in [-0.2, -0.15) is 0 Å². The van der Waals surface area contributed by atoms with Crippen molar-refractivity contribution in [3.05, 3.63) is 0 Å². The summed E-state index contributed by atoms with van der Waals surface area (Å²) in [4.78, 5) is 11.8. The number of hydrogen-bond donors (Lipinski definition) is 0. The van der Waals surface area contributed by atoms with Crippen molar-refractivity contribution in [3.8, 4) is 0 Å². The highest BCUT2D eigenvalue weighted by atomic mass is 16.5. The number of esters is 1. The standard InChI is InChI=1S/C27H54NO2/c1-7-8-12-17-25-22-26(25)21-24(3)23(2)16-13-10-9-11-14-18-27(29)30-20-15-19-28(4,5)6/h23-26H,7-22H2,1-6H3/q+1. The molecule has 4 unspecified atom stereocenters. The highest BCUT2D eigenvalue weighted by Crippen LogP contribution is 2.47.